The number of hydrogen-bond acceptors (Lipinski definition) is 4. The number of benzene rings is 1. The summed E-state index contributed by atoms with van der Waals surface area (Å²) >= 11 is 0. The number of piperazine rings is 1. The van der Waals surface area contributed by atoms with E-state index in [2.05, 4.69) is 29.1 Å². The van der Waals surface area contributed by atoms with Crippen molar-refractivity contribution in [2.45, 2.75) is 13.0 Å². The van der Waals surface area contributed by atoms with Gasteiger partial charge in [-0.05, 0) is 32.2 Å². The summed E-state index contributed by atoms with van der Waals surface area (Å²) in [5, 5.41) is 11.9. The fraction of sp³-hybridized carbons (Fsp3) is 0.533. The molecular weight excluding hydrogens is 255 g/mol. The van der Waals surface area contributed by atoms with Crippen molar-refractivity contribution >= 4 is 5.69 Å². The molecule has 1 N–H and O–H groups in total. The van der Waals surface area contributed by atoms with Crippen LogP contribution >= 0.6 is 0 Å². The van der Waals surface area contributed by atoms with Crippen LogP contribution in [0, 0.1) is 17.1 Å². The number of halogens is 1. The van der Waals surface area contributed by atoms with Gasteiger partial charge in [0, 0.05) is 38.8 Å². The second-order valence-corrected chi connectivity index (χ2v) is 5.46. The highest BCUT2D eigenvalue weighted by Gasteiger charge is 2.16. The SMILES string of the molecule is CC(CN1CCN(C)CC1)Nc1ccc(C#N)cc1F. The predicted octanol–water partition coefficient (Wildman–Crippen LogP) is 1.75. The number of anilines is 1. The number of hydrogen-bond donors (Lipinski definition) is 1. The van der Waals surface area contributed by atoms with Gasteiger partial charge in [0.2, 0.25) is 0 Å². The molecule has 0 aliphatic carbocycles. The second kappa shape index (κ2) is 6.69. The van der Waals surface area contributed by atoms with Gasteiger partial charge >= 0.3 is 0 Å². The van der Waals surface area contributed by atoms with E-state index >= 15 is 0 Å². The largest absolute Gasteiger partial charge is 0.379 e. The Morgan fingerprint density at radius 2 is 2.05 bits per heavy atom. The first-order chi connectivity index (χ1) is 9.58. The molecule has 1 saturated heterocycles. The minimum Gasteiger partial charge on any atom is -0.379 e. The van der Waals surface area contributed by atoms with Crippen LogP contribution in [0.2, 0.25) is 0 Å². The Hall–Kier alpha value is -1.64. The first-order valence-electron chi connectivity index (χ1n) is 6.95. The lowest BCUT2D eigenvalue weighted by atomic mass is 10.2. The van der Waals surface area contributed by atoms with Gasteiger partial charge in [-0.15, -0.1) is 0 Å². The molecule has 4 nitrogen and oxygen atoms in total. The van der Waals surface area contributed by atoms with Gasteiger partial charge in [-0.2, -0.15) is 5.26 Å². The monoisotopic (exact) mass is 276 g/mol. The standard InChI is InChI=1S/C15H21FN4/c1-12(11-20-7-5-19(2)6-8-20)18-15-4-3-13(10-17)9-14(15)16/h3-4,9,12,18H,5-8,11H2,1-2H3. The van der Waals surface area contributed by atoms with Crippen LogP contribution in [0.5, 0.6) is 0 Å². The lowest BCUT2D eigenvalue weighted by molar-refractivity contribution is 0.151. The smallest absolute Gasteiger partial charge is 0.147 e. The number of nitrogens with zero attached hydrogens (tertiary/aromatic N) is 3. The summed E-state index contributed by atoms with van der Waals surface area (Å²) in [5.74, 6) is -0.366. The zero-order valence-electron chi connectivity index (χ0n) is 12.1. The van der Waals surface area contributed by atoms with Crippen LogP contribution in [0.3, 0.4) is 0 Å². The Morgan fingerprint density at radius 1 is 1.35 bits per heavy atom. The third kappa shape index (κ3) is 3.92. The van der Waals surface area contributed by atoms with Crippen molar-refractivity contribution in [1.82, 2.24) is 9.80 Å². The van der Waals surface area contributed by atoms with Crippen molar-refractivity contribution in [3.8, 4) is 6.07 Å². The topological polar surface area (TPSA) is 42.3 Å². The summed E-state index contributed by atoms with van der Waals surface area (Å²) in [4.78, 5) is 4.70. The van der Waals surface area contributed by atoms with E-state index in [1.807, 2.05) is 6.07 Å². The first kappa shape index (κ1) is 14.8. The van der Waals surface area contributed by atoms with Crippen molar-refractivity contribution < 1.29 is 4.39 Å². The molecule has 1 aromatic carbocycles. The number of likely N-dealkylation sites (N-methyl/N-ethyl adjacent to an activating group) is 1. The highest BCUT2D eigenvalue weighted by atomic mass is 19.1. The Labute approximate surface area is 119 Å². The summed E-state index contributed by atoms with van der Waals surface area (Å²) in [6, 6.07) is 6.64. The van der Waals surface area contributed by atoms with E-state index in [9.17, 15) is 4.39 Å². The highest BCUT2D eigenvalue weighted by Crippen LogP contribution is 2.16. The Morgan fingerprint density at radius 3 is 2.65 bits per heavy atom. The molecule has 1 aliphatic rings. The van der Waals surface area contributed by atoms with Crippen molar-refractivity contribution in [2.75, 3.05) is 45.1 Å². The summed E-state index contributed by atoms with van der Waals surface area (Å²) in [6.45, 7) is 7.22. The first-order valence-corrected chi connectivity index (χ1v) is 6.95. The molecule has 2 rings (SSSR count). The molecule has 0 aromatic heterocycles. The molecule has 20 heavy (non-hydrogen) atoms. The molecule has 1 heterocycles. The number of rotatable bonds is 4. The quantitative estimate of drug-likeness (QED) is 0.909. The van der Waals surface area contributed by atoms with Crippen LogP contribution in [0.4, 0.5) is 10.1 Å². The van der Waals surface area contributed by atoms with E-state index in [1.165, 1.54) is 6.07 Å². The highest BCUT2D eigenvalue weighted by molar-refractivity contribution is 5.49. The lowest BCUT2D eigenvalue weighted by Gasteiger charge is -2.34. The molecule has 1 fully saturated rings. The summed E-state index contributed by atoms with van der Waals surface area (Å²) in [5.41, 5.74) is 0.811. The molecule has 0 spiro atoms. The van der Waals surface area contributed by atoms with Gasteiger partial charge in [-0.25, -0.2) is 4.39 Å². The molecule has 1 unspecified atom stereocenters. The van der Waals surface area contributed by atoms with Crippen LogP contribution in [0.15, 0.2) is 18.2 Å². The van der Waals surface area contributed by atoms with Crippen molar-refractivity contribution in [3.05, 3.63) is 29.6 Å². The van der Waals surface area contributed by atoms with Gasteiger partial charge in [-0.1, -0.05) is 0 Å². The van der Waals surface area contributed by atoms with Gasteiger partial charge in [0.25, 0.3) is 0 Å². The summed E-state index contributed by atoms with van der Waals surface area (Å²) < 4.78 is 13.8. The van der Waals surface area contributed by atoms with Crippen LogP contribution < -0.4 is 5.32 Å². The van der Waals surface area contributed by atoms with E-state index in [0.717, 1.165) is 32.7 Å². The average molecular weight is 276 g/mol. The van der Waals surface area contributed by atoms with Crippen LogP contribution in [0.1, 0.15) is 12.5 Å². The number of nitrogens with one attached hydrogen (secondary N) is 1. The second-order valence-electron chi connectivity index (χ2n) is 5.46. The normalized spacial score (nSPS) is 18.5. The molecule has 108 valence electrons. The van der Waals surface area contributed by atoms with Crippen molar-refractivity contribution in [1.29, 1.82) is 5.26 Å². The summed E-state index contributed by atoms with van der Waals surface area (Å²) in [7, 11) is 2.13. The third-order valence-corrected chi connectivity index (χ3v) is 3.63. The minimum absolute atomic E-state index is 0.167. The van der Waals surface area contributed by atoms with E-state index in [0.29, 0.717) is 11.3 Å². The van der Waals surface area contributed by atoms with Gasteiger partial charge in [-0.3, -0.25) is 4.90 Å². The van der Waals surface area contributed by atoms with Gasteiger partial charge < -0.3 is 10.2 Å². The maximum Gasteiger partial charge on any atom is 0.147 e. The Bertz CT molecular complexity index is 489. The molecule has 1 aliphatic heterocycles. The maximum absolute atomic E-state index is 13.8. The zero-order valence-corrected chi connectivity index (χ0v) is 12.1. The summed E-state index contributed by atoms with van der Waals surface area (Å²) in [6.07, 6.45) is 0. The molecule has 1 aromatic rings. The maximum atomic E-state index is 13.8. The molecule has 0 amide bonds. The van der Waals surface area contributed by atoms with Crippen molar-refractivity contribution in [3.63, 3.8) is 0 Å². The lowest BCUT2D eigenvalue weighted by Crippen LogP contribution is -2.47. The zero-order chi connectivity index (χ0) is 14.5. The minimum atomic E-state index is -0.366. The van der Waals surface area contributed by atoms with E-state index < -0.39 is 0 Å². The molecular formula is C15H21FN4. The van der Waals surface area contributed by atoms with E-state index in [-0.39, 0.29) is 11.9 Å². The molecule has 0 saturated carbocycles. The number of nitriles is 1. The average Bonchev–Trinajstić information content (AvgIpc) is 2.43. The van der Waals surface area contributed by atoms with Crippen molar-refractivity contribution in [2.24, 2.45) is 0 Å². The van der Waals surface area contributed by atoms with Gasteiger partial charge in [0.1, 0.15) is 5.82 Å². The third-order valence-electron chi connectivity index (χ3n) is 3.63. The fourth-order valence-electron chi connectivity index (χ4n) is 2.43. The molecule has 5 heteroatoms. The molecule has 0 radical (unpaired) electrons. The molecule has 1 atom stereocenters. The van der Waals surface area contributed by atoms with Crippen LogP contribution in [-0.4, -0.2) is 55.6 Å². The Balaban J connectivity index is 1.88. The Kier molecular flexibility index (Phi) is 4.94. The van der Waals surface area contributed by atoms with Crippen LogP contribution in [-0.2, 0) is 0 Å². The van der Waals surface area contributed by atoms with Crippen LogP contribution in [0.25, 0.3) is 0 Å². The van der Waals surface area contributed by atoms with E-state index in [4.69, 9.17) is 5.26 Å². The van der Waals surface area contributed by atoms with Gasteiger partial charge in [0.05, 0.1) is 17.3 Å². The molecule has 0 bridgehead atoms. The predicted molar refractivity (Wildman–Crippen MR) is 78.1 cm³/mol. The van der Waals surface area contributed by atoms with E-state index in [1.54, 1.807) is 12.1 Å². The fourth-order valence-corrected chi connectivity index (χ4v) is 2.43. The van der Waals surface area contributed by atoms with Gasteiger partial charge in [0.15, 0.2) is 0 Å².